The van der Waals surface area contributed by atoms with E-state index in [0.717, 1.165) is 0 Å². The average molecular weight is 313 g/mol. The maximum absolute atomic E-state index is 12.1. The minimum Gasteiger partial charge on any atom is -0.389 e. The van der Waals surface area contributed by atoms with Crippen molar-refractivity contribution < 1.29 is 33.2 Å². The molecule has 124 valence electrons. The molecule has 1 saturated carbocycles. The van der Waals surface area contributed by atoms with Crippen LogP contribution in [0.25, 0.3) is 0 Å². The SMILES string of the molecule is OC1CN(CC2CCC(OC(F)(F)F)CC2)CC(O)C1O. The number of halogens is 3. The normalized spacial score (nSPS) is 39.4. The molecule has 2 unspecified atom stereocenters. The first-order chi connectivity index (χ1) is 9.74. The Hall–Kier alpha value is -0.410. The van der Waals surface area contributed by atoms with Gasteiger partial charge in [-0.2, -0.15) is 0 Å². The number of β-amino-alcohol motifs (C(OH)–C–C–N with tert-alkyl or cyclic N) is 2. The Balaban J connectivity index is 1.74. The van der Waals surface area contributed by atoms with Gasteiger partial charge in [0.05, 0.1) is 18.3 Å². The van der Waals surface area contributed by atoms with Gasteiger partial charge in [-0.15, -0.1) is 13.2 Å². The third-order valence-corrected chi connectivity index (χ3v) is 4.29. The van der Waals surface area contributed by atoms with E-state index in [1.165, 1.54) is 0 Å². The zero-order valence-corrected chi connectivity index (χ0v) is 11.7. The Labute approximate surface area is 121 Å². The van der Waals surface area contributed by atoms with Crippen LogP contribution >= 0.6 is 0 Å². The van der Waals surface area contributed by atoms with Gasteiger partial charge in [0.1, 0.15) is 6.10 Å². The molecule has 0 aromatic carbocycles. The van der Waals surface area contributed by atoms with Crippen LogP contribution in [0.5, 0.6) is 0 Å². The Morgan fingerprint density at radius 3 is 1.95 bits per heavy atom. The van der Waals surface area contributed by atoms with Crippen molar-refractivity contribution in [3.63, 3.8) is 0 Å². The van der Waals surface area contributed by atoms with E-state index in [0.29, 0.717) is 32.2 Å². The van der Waals surface area contributed by atoms with Gasteiger partial charge in [-0.3, -0.25) is 9.64 Å². The maximum Gasteiger partial charge on any atom is 0.522 e. The van der Waals surface area contributed by atoms with Crippen LogP contribution < -0.4 is 0 Å². The molecule has 0 bridgehead atoms. The van der Waals surface area contributed by atoms with E-state index in [4.69, 9.17) is 0 Å². The predicted molar refractivity (Wildman–Crippen MR) is 67.3 cm³/mol. The van der Waals surface area contributed by atoms with E-state index in [1.54, 1.807) is 0 Å². The molecule has 2 fully saturated rings. The molecule has 1 heterocycles. The molecule has 0 amide bonds. The third-order valence-electron chi connectivity index (χ3n) is 4.29. The lowest BCUT2D eigenvalue weighted by atomic mass is 9.86. The quantitative estimate of drug-likeness (QED) is 0.707. The Morgan fingerprint density at radius 1 is 0.952 bits per heavy atom. The number of ether oxygens (including phenoxy) is 1. The van der Waals surface area contributed by atoms with Crippen LogP contribution in [0.2, 0.25) is 0 Å². The van der Waals surface area contributed by atoms with Gasteiger partial charge in [0.2, 0.25) is 0 Å². The smallest absolute Gasteiger partial charge is 0.389 e. The second kappa shape index (κ2) is 6.78. The maximum atomic E-state index is 12.1. The summed E-state index contributed by atoms with van der Waals surface area (Å²) in [6.07, 6.45) is -6.44. The lowest BCUT2D eigenvalue weighted by Gasteiger charge is -2.39. The topological polar surface area (TPSA) is 73.2 Å². The molecule has 3 N–H and O–H groups in total. The summed E-state index contributed by atoms with van der Waals surface area (Å²) < 4.78 is 40.4. The molecule has 8 heteroatoms. The van der Waals surface area contributed by atoms with Gasteiger partial charge in [-0.05, 0) is 31.6 Å². The first-order valence-electron chi connectivity index (χ1n) is 7.25. The number of piperidine rings is 1. The highest BCUT2D eigenvalue weighted by molar-refractivity contribution is 4.87. The highest BCUT2D eigenvalue weighted by Crippen LogP contribution is 2.31. The van der Waals surface area contributed by atoms with Gasteiger partial charge in [0.25, 0.3) is 0 Å². The van der Waals surface area contributed by atoms with Crippen molar-refractivity contribution >= 4 is 0 Å². The summed E-state index contributed by atoms with van der Waals surface area (Å²) in [5, 5.41) is 28.7. The largest absolute Gasteiger partial charge is 0.522 e. The molecule has 5 nitrogen and oxygen atoms in total. The van der Waals surface area contributed by atoms with E-state index in [9.17, 15) is 28.5 Å². The summed E-state index contributed by atoms with van der Waals surface area (Å²) >= 11 is 0. The molecule has 1 saturated heterocycles. The first-order valence-corrected chi connectivity index (χ1v) is 7.25. The Bertz CT molecular complexity index is 322. The van der Waals surface area contributed by atoms with Crippen molar-refractivity contribution in [2.45, 2.75) is 56.5 Å². The number of hydrogen-bond acceptors (Lipinski definition) is 5. The number of hydrogen-bond donors (Lipinski definition) is 3. The van der Waals surface area contributed by atoms with Gasteiger partial charge in [-0.25, -0.2) is 0 Å². The average Bonchev–Trinajstić information content (AvgIpc) is 2.36. The summed E-state index contributed by atoms with van der Waals surface area (Å²) in [7, 11) is 0. The zero-order chi connectivity index (χ0) is 15.6. The summed E-state index contributed by atoms with van der Waals surface area (Å²) in [5.74, 6) is 0.229. The molecule has 0 aromatic heterocycles. The highest BCUT2D eigenvalue weighted by Gasteiger charge is 2.37. The molecule has 0 spiro atoms. The number of aliphatic hydroxyl groups excluding tert-OH is 3. The van der Waals surface area contributed by atoms with Crippen LogP contribution in [0.1, 0.15) is 25.7 Å². The van der Waals surface area contributed by atoms with Crippen molar-refractivity contribution in [2.24, 2.45) is 5.92 Å². The van der Waals surface area contributed by atoms with Crippen molar-refractivity contribution in [3.05, 3.63) is 0 Å². The zero-order valence-electron chi connectivity index (χ0n) is 11.7. The number of likely N-dealkylation sites (tertiary alicyclic amines) is 1. The fourth-order valence-electron chi connectivity index (χ4n) is 3.21. The highest BCUT2D eigenvalue weighted by atomic mass is 19.4. The molecular formula is C13H22F3NO4. The van der Waals surface area contributed by atoms with Crippen LogP contribution in [-0.2, 0) is 4.74 Å². The standard InChI is InChI=1S/C13H22F3NO4/c14-13(15,16)21-9-3-1-8(2-4-9)5-17-6-10(18)12(20)11(19)7-17/h8-12,18-20H,1-7H2. The number of rotatable bonds is 3. The van der Waals surface area contributed by atoms with Crippen LogP contribution in [-0.4, -0.2) is 70.6 Å². The van der Waals surface area contributed by atoms with Crippen molar-refractivity contribution in [2.75, 3.05) is 19.6 Å². The van der Waals surface area contributed by atoms with Gasteiger partial charge >= 0.3 is 6.36 Å². The Morgan fingerprint density at radius 2 is 1.48 bits per heavy atom. The predicted octanol–water partition coefficient (Wildman–Crippen LogP) is 0.480. The third kappa shape index (κ3) is 5.07. The fourth-order valence-corrected chi connectivity index (χ4v) is 3.21. The second-order valence-corrected chi connectivity index (χ2v) is 6.05. The second-order valence-electron chi connectivity index (χ2n) is 6.05. The van der Waals surface area contributed by atoms with Gasteiger partial charge in [-0.1, -0.05) is 0 Å². The summed E-state index contributed by atoms with van der Waals surface area (Å²) in [6.45, 7) is 1.16. The molecule has 2 atom stereocenters. The Kier molecular flexibility index (Phi) is 5.48. The lowest BCUT2D eigenvalue weighted by Crippen LogP contribution is -2.56. The molecule has 2 rings (SSSR count). The van der Waals surface area contributed by atoms with Crippen LogP contribution in [0.4, 0.5) is 13.2 Å². The van der Waals surface area contributed by atoms with E-state index < -0.39 is 30.8 Å². The molecule has 1 aliphatic heterocycles. The number of nitrogens with zero attached hydrogens (tertiary/aromatic N) is 1. The summed E-state index contributed by atoms with van der Waals surface area (Å²) in [6, 6.07) is 0. The van der Waals surface area contributed by atoms with Crippen molar-refractivity contribution in [1.82, 2.24) is 4.90 Å². The monoisotopic (exact) mass is 313 g/mol. The van der Waals surface area contributed by atoms with E-state index >= 15 is 0 Å². The first kappa shape index (κ1) is 17.0. The molecule has 0 radical (unpaired) electrons. The van der Waals surface area contributed by atoms with Crippen molar-refractivity contribution in [3.8, 4) is 0 Å². The number of aliphatic hydroxyl groups is 3. The van der Waals surface area contributed by atoms with Crippen molar-refractivity contribution in [1.29, 1.82) is 0 Å². The minimum atomic E-state index is -4.57. The van der Waals surface area contributed by atoms with Gasteiger partial charge in [0, 0.05) is 19.6 Å². The van der Waals surface area contributed by atoms with E-state index in [2.05, 4.69) is 4.74 Å². The molecular weight excluding hydrogens is 291 g/mol. The lowest BCUT2D eigenvalue weighted by molar-refractivity contribution is -0.345. The van der Waals surface area contributed by atoms with E-state index in [-0.39, 0.29) is 19.0 Å². The molecule has 0 aromatic rings. The van der Waals surface area contributed by atoms with Gasteiger partial charge in [0.15, 0.2) is 0 Å². The van der Waals surface area contributed by atoms with Crippen LogP contribution in [0, 0.1) is 5.92 Å². The van der Waals surface area contributed by atoms with E-state index in [1.807, 2.05) is 4.90 Å². The minimum absolute atomic E-state index is 0.229. The summed E-state index contributed by atoms with van der Waals surface area (Å²) in [4.78, 5) is 1.86. The molecule has 21 heavy (non-hydrogen) atoms. The van der Waals surface area contributed by atoms with Gasteiger partial charge < -0.3 is 15.3 Å². The fraction of sp³-hybridized carbons (Fsp3) is 1.00. The van der Waals surface area contributed by atoms with Crippen LogP contribution in [0.3, 0.4) is 0 Å². The molecule has 1 aliphatic carbocycles. The number of alkyl halides is 3. The van der Waals surface area contributed by atoms with Crippen LogP contribution in [0.15, 0.2) is 0 Å². The summed E-state index contributed by atoms with van der Waals surface area (Å²) in [5.41, 5.74) is 0. The molecule has 2 aliphatic rings.